The standard InChI is InChI=1S/C24H22N10O2/c1-25-20-13-18(29-17-5-4-10-33(24(17)36)19-6-2-3-8-26-19)31-21-15(14-28-34(20)21)23(35)30-16-7-11-32-12-9-27-22(16)32/h2-6,8-10,12-14,16,25H,7,11H2,1H3,(H,29,31)(H,30,35). The van der Waals surface area contributed by atoms with Gasteiger partial charge in [0.05, 0.1) is 12.2 Å². The predicted molar refractivity (Wildman–Crippen MR) is 133 cm³/mol. The lowest BCUT2D eigenvalue weighted by Gasteiger charge is -2.12. The molecular weight excluding hydrogens is 460 g/mol. The van der Waals surface area contributed by atoms with E-state index in [0.29, 0.717) is 34.4 Å². The molecule has 6 rings (SSSR count). The van der Waals surface area contributed by atoms with E-state index in [9.17, 15) is 9.59 Å². The molecule has 0 spiro atoms. The Bertz CT molecular complexity index is 1640. The van der Waals surface area contributed by atoms with Crippen molar-refractivity contribution in [2.75, 3.05) is 17.7 Å². The van der Waals surface area contributed by atoms with Gasteiger partial charge in [-0.15, -0.1) is 0 Å². The summed E-state index contributed by atoms with van der Waals surface area (Å²) in [5.41, 5.74) is 0.695. The van der Waals surface area contributed by atoms with Crippen LogP contribution in [0, 0.1) is 0 Å². The van der Waals surface area contributed by atoms with E-state index in [1.54, 1.807) is 60.5 Å². The summed E-state index contributed by atoms with van der Waals surface area (Å²) in [6, 6.07) is 10.3. The quantitative estimate of drug-likeness (QED) is 0.335. The lowest BCUT2D eigenvalue weighted by molar-refractivity contribution is 0.0937. The van der Waals surface area contributed by atoms with Crippen molar-refractivity contribution in [2.24, 2.45) is 0 Å². The number of aromatic nitrogens is 7. The fourth-order valence-electron chi connectivity index (χ4n) is 4.36. The van der Waals surface area contributed by atoms with Crippen molar-refractivity contribution >= 4 is 28.9 Å². The molecule has 12 nitrogen and oxygen atoms in total. The van der Waals surface area contributed by atoms with E-state index in [1.807, 2.05) is 16.8 Å². The molecule has 6 heterocycles. The Labute approximate surface area is 204 Å². The summed E-state index contributed by atoms with van der Waals surface area (Å²) < 4.78 is 5.02. The predicted octanol–water partition coefficient (Wildman–Crippen LogP) is 2.13. The van der Waals surface area contributed by atoms with E-state index >= 15 is 0 Å². The first-order chi connectivity index (χ1) is 17.6. The normalized spacial score (nSPS) is 14.5. The number of anilines is 3. The largest absolute Gasteiger partial charge is 0.373 e. The third kappa shape index (κ3) is 3.64. The van der Waals surface area contributed by atoms with E-state index in [4.69, 9.17) is 0 Å². The van der Waals surface area contributed by atoms with E-state index in [1.165, 1.54) is 10.8 Å². The van der Waals surface area contributed by atoms with Crippen LogP contribution in [-0.4, -0.2) is 46.7 Å². The number of imidazole rings is 1. The maximum Gasteiger partial charge on any atom is 0.279 e. The summed E-state index contributed by atoms with van der Waals surface area (Å²) in [6.45, 7) is 0.804. The molecule has 0 bridgehead atoms. The Morgan fingerprint density at radius 2 is 2.03 bits per heavy atom. The number of hydrogen-bond acceptors (Lipinski definition) is 8. The van der Waals surface area contributed by atoms with Gasteiger partial charge in [-0.25, -0.2) is 15.0 Å². The van der Waals surface area contributed by atoms with Crippen LogP contribution in [0.3, 0.4) is 0 Å². The zero-order valence-corrected chi connectivity index (χ0v) is 19.3. The second-order valence-electron chi connectivity index (χ2n) is 8.27. The molecule has 1 atom stereocenters. The molecule has 1 amide bonds. The molecule has 3 N–H and O–H groups in total. The van der Waals surface area contributed by atoms with Crippen LogP contribution in [0.25, 0.3) is 11.5 Å². The van der Waals surface area contributed by atoms with E-state index in [2.05, 4.69) is 36.0 Å². The third-order valence-corrected chi connectivity index (χ3v) is 6.10. The summed E-state index contributed by atoms with van der Waals surface area (Å²) in [5.74, 6) is 2.02. The lowest BCUT2D eigenvalue weighted by Crippen LogP contribution is -2.27. The van der Waals surface area contributed by atoms with E-state index in [-0.39, 0.29) is 17.5 Å². The summed E-state index contributed by atoms with van der Waals surface area (Å²) in [5, 5.41) is 13.5. The molecule has 0 saturated heterocycles. The van der Waals surface area contributed by atoms with Gasteiger partial charge < -0.3 is 20.5 Å². The number of hydrogen-bond donors (Lipinski definition) is 3. The molecule has 180 valence electrons. The number of rotatable bonds is 6. The molecule has 36 heavy (non-hydrogen) atoms. The zero-order valence-electron chi connectivity index (χ0n) is 19.3. The van der Waals surface area contributed by atoms with Gasteiger partial charge in [-0.3, -0.25) is 14.2 Å². The van der Waals surface area contributed by atoms with Crippen molar-refractivity contribution in [2.45, 2.75) is 19.0 Å². The van der Waals surface area contributed by atoms with Gasteiger partial charge in [0.25, 0.3) is 11.5 Å². The Morgan fingerprint density at radius 1 is 1.11 bits per heavy atom. The average molecular weight is 483 g/mol. The molecule has 0 radical (unpaired) electrons. The Balaban J connectivity index is 1.34. The fourth-order valence-corrected chi connectivity index (χ4v) is 4.36. The number of amides is 1. The van der Waals surface area contributed by atoms with Gasteiger partial charge in [0.15, 0.2) is 5.65 Å². The number of fused-ring (bicyclic) bond motifs is 2. The second-order valence-corrected chi connectivity index (χ2v) is 8.27. The molecule has 5 aromatic heterocycles. The van der Waals surface area contributed by atoms with Crippen LogP contribution in [0.4, 0.5) is 17.3 Å². The van der Waals surface area contributed by atoms with Crippen LogP contribution in [0.5, 0.6) is 0 Å². The fraction of sp³-hybridized carbons (Fsp3) is 0.167. The first-order valence-electron chi connectivity index (χ1n) is 11.4. The topological polar surface area (TPSA) is 136 Å². The number of carbonyl (C=O) groups excluding carboxylic acids is 1. The van der Waals surface area contributed by atoms with Crippen LogP contribution in [0.1, 0.15) is 28.6 Å². The summed E-state index contributed by atoms with van der Waals surface area (Å²) in [7, 11) is 1.74. The van der Waals surface area contributed by atoms with Crippen LogP contribution in [0.2, 0.25) is 0 Å². The maximum absolute atomic E-state index is 13.2. The zero-order chi connectivity index (χ0) is 24.6. The number of carbonyl (C=O) groups is 1. The molecule has 1 aliphatic rings. The molecule has 0 aromatic carbocycles. The minimum atomic E-state index is -0.296. The van der Waals surface area contributed by atoms with Crippen molar-refractivity contribution in [3.63, 3.8) is 0 Å². The van der Waals surface area contributed by atoms with Gasteiger partial charge in [-0.1, -0.05) is 6.07 Å². The Morgan fingerprint density at radius 3 is 2.86 bits per heavy atom. The van der Waals surface area contributed by atoms with Gasteiger partial charge in [-0.2, -0.15) is 9.61 Å². The van der Waals surface area contributed by atoms with Gasteiger partial charge in [-0.05, 0) is 30.7 Å². The summed E-state index contributed by atoms with van der Waals surface area (Å²) in [4.78, 5) is 39.5. The van der Waals surface area contributed by atoms with Crippen molar-refractivity contribution in [1.82, 2.24) is 39.0 Å². The molecule has 5 aromatic rings. The number of nitrogens with zero attached hydrogens (tertiary/aromatic N) is 7. The molecular formula is C24H22N10O2. The van der Waals surface area contributed by atoms with Gasteiger partial charge in [0.1, 0.15) is 34.5 Å². The Hall–Kier alpha value is -5.00. The second kappa shape index (κ2) is 8.65. The smallest absolute Gasteiger partial charge is 0.279 e. The summed E-state index contributed by atoms with van der Waals surface area (Å²) in [6.07, 6.45) is 9.17. The first kappa shape index (κ1) is 21.5. The van der Waals surface area contributed by atoms with E-state index < -0.39 is 0 Å². The number of pyridine rings is 2. The molecule has 1 aliphatic heterocycles. The highest BCUT2D eigenvalue weighted by Gasteiger charge is 2.27. The minimum absolute atomic E-state index is 0.179. The third-order valence-electron chi connectivity index (χ3n) is 6.10. The molecule has 0 aliphatic carbocycles. The number of aryl methyl sites for hydroxylation is 1. The van der Waals surface area contributed by atoms with Crippen LogP contribution >= 0.6 is 0 Å². The van der Waals surface area contributed by atoms with Gasteiger partial charge >= 0.3 is 0 Å². The highest BCUT2D eigenvalue weighted by atomic mass is 16.2. The van der Waals surface area contributed by atoms with Crippen LogP contribution < -0.4 is 21.5 Å². The van der Waals surface area contributed by atoms with Gasteiger partial charge in [0, 0.05) is 44.4 Å². The van der Waals surface area contributed by atoms with Crippen molar-refractivity contribution < 1.29 is 4.79 Å². The minimum Gasteiger partial charge on any atom is -0.373 e. The molecule has 0 fully saturated rings. The molecule has 1 unspecified atom stereocenters. The highest BCUT2D eigenvalue weighted by Crippen LogP contribution is 2.25. The first-order valence-corrected chi connectivity index (χ1v) is 11.4. The van der Waals surface area contributed by atoms with Crippen molar-refractivity contribution in [1.29, 1.82) is 0 Å². The van der Waals surface area contributed by atoms with Crippen molar-refractivity contribution in [3.8, 4) is 5.82 Å². The number of nitrogens with one attached hydrogen (secondary N) is 3. The SMILES string of the molecule is CNc1cc(Nc2cccn(-c3ccccn3)c2=O)nc2c(C(=O)NC3CCn4ccnc43)cnn12. The monoisotopic (exact) mass is 482 g/mol. The Kier molecular flexibility index (Phi) is 5.17. The van der Waals surface area contributed by atoms with Crippen LogP contribution in [-0.2, 0) is 6.54 Å². The maximum atomic E-state index is 13.2. The van der Waals surface area contributed by atoms with Crippen molar-refractivity contribution in [3.05, 3.63) is 89.1 Å². The molecule has 12 heteroatoms. The summed E-state index contributed by atoms with van der Waals surface area (Å²) >= 11 is 0. The van der Waals surface area contributed by atoms with Crippen LogP contribution in [0.15, 0.2) is 72.2 Å². The lowest BCUT2D eigenvalue weighted by atomic mass is 10.2. The van der Waals surface area contributed by atoms with E-state index in [0.717, 1.165) is 18.8 Å². The highest BCUT2D eigenvalue weighted by molar-refractivity contribution is 6.00. The average Bonchev–Trinajstić information content (AvgIpc) is 3.63. The van der Waals surface area contributed by atoms with Gasteiger partial charge in [0.2, 0.25) is 0 Å². The molecule has 0 saturated carbocycles.